The maximum atomic E-state index is 11.8. The van der Waals surface area contributed by atoms with Crippen LogP contribution in [0.1, 0.15) is 21.5 Å². The molecule has 124 valence electrons. The van der Waals surface area contributed by atoms with E-state index in [0.717, 1.165) is 11.1 Å². The lowest BCUT2D eigenvalue weighted by molar-refractivity contribution is -0.138. The lowest BCUT2D eigenvalue weighted by Gasteiger charge is -2.04. The van der Waals surface area contributed by atoms with Crippen LogP contribution >= 0.6 is 0 Å². The largest absolute Gasteiger partial charge is 0.497 e. The van der Waals surface area contributed by atoms with Crippen LogP contribution in [0.15, 0.2) is 54.6 Å². The first-order valence-corrected chi connectivity index (χ1v) is 7.28. The Balaban J connectivity index is 1.89. The highest BCUT2D eigenvalue weighted by atomic mass is 16.5. The molecule has 5 heteroatoms. The molecule has 0 spiro atoms. The van der Waals surface area contributed by atoms with Crippen molar-refractivity contribution in [2.45, 2.75) is 6.61 Å². The number of rotatable bonds is 6. The van der Waals surface area contributed by atoms with Crippen LogP contribution in [0, 0.1) is 0 Å². The number of carbonyl (C=O) groups is 2. The molecule has 0 aromatic heterocycles. The van der Waals surface area contributed by atoms with E-state index >= 15 is 0 Å². The van der Waals surface area contributed by atoms with E-state index in [2.05, 4.69) is 4.74 Å². The van der Waals surface area contributed by atoms with Gasteiger partial charge in [-0.05, 0) is 41.5 Å². The minimum absolute atomic E-state index is 0.168. The van der Waals surface area contributed by atoms with Crippen LogP contribution in [-0.4, -0.2) is 26.2 Å². The van der Waals surface area contributed by atoms with Crippen LogP contribution in [0.5, 0.6) is 5.75 Å². The first kappa shape index (κ1) is 17.3. The molecule has 0 saturated carbocycles. The van der Waals surface area contributed by atoms with Crippen molar-refractivity contribution in [3.8, 4) is 5.75 Å². The van der Waals surface area contributed by atoms with Gasteiger partial charge >= 0.3 is 11.9 Å². The van der Waals surface area contributed by atoms with Gasteiger partial charge in [0.15, 0.2) is 0 Å². The van der Waals surface area contributed by atoms with Crippen molar-refractivity contribution >= 4 is 18.0 Å². The van der Waals surface area contributed by atoms with Gasteiger partial charge in [0.2, 0.25) is 0 Å². The number of carbonyl (C=O) groups excluding carboxylic acids is 2. The summed E-state index contributed by atoms with van der Waals surface area (Å²) >= 11 is 0. The summed E-state index contributed by atoms with van der Waals surface area (Å²) in [5.74, 6) is -0.136. The van der Waals surface area contributed by atoms with Crippen LogP contribution in [0.3, 0.4) is 0 Å². The Morgan fingerprint density at radius 1 is 1.04 bits per heavy atom. The molecule has 0 radical (unpaired) electrons. The molecule has 0 aliphatic heterocycles. The van der Waals surface area contributed by atoms with Crippen LogP contribution < -0.4 is 4.74 Å². The van der Waals surface area contributed by atoms with Crippen LogP contribution in [-0.2, 0) is 20.9 Å². The Morgan fingerprint density at radius 3 is 2.46 bits per heavy atom. The molecule has 0 bridgehead atoms. The van der Waals surface area contributed by atoms with Gasteiger partial charge in [0.25, 0.3) is 0 Å². The summed E-state index contributed by atoms with van der Waals surface area (Å²) in [6, 6.07) is 14.0. The van der Waals surface area contributed by atoms with Crippen molar-refractivity contribution in [3.63, 3.8) is 0 Å². The summed E-state index contributed by atoms with van der Waals surface area (Å²) < 4.78 is 14.9. The maximum Gasteiger partial charge on any atom is 0.337 e. The molecule has 0 amide bonds. The Bertz CT molecular complexity index is 732. The fourth-order valence-corrected chi connectivity index (χ4v) is 1.98. The van der Waals surface area contributed by atoms with E-state index in [9.17, 15) is 9.59 Å². The fraction of sp³-hybridized carbons (Fsp3) is 0.158. The summed E-state index contributed by atoms with van der Waals surface area (Å²) in [5.41, 5.74) is 2.08. The number of methoxy groups -OCH3 is 2. The van der Waals surface area contributed by atoms with Gasteiger partial charge < -0.3 is 14.2 Å². The Hall–Kier alpha value is -3.08. The smallest absolute Gasteiger partial charge is 0.337 e. The summed E-state index contributed by atoms with van der Waals surface area (Å²) in [7, 11) is 2.91. The normalized spacial score (nSPS) is 10.4. The average molecular weight is 326 g/mol. The summed E-state index contributed by atoms with van der Waals surface area (Å²) in [6.07, 6.45) is 2.96. The lowest BCUT2D eigenvalue weighted by atomic mass is 10.1. The van der Waals surface area contributed by atoms with E-state index in [0.29, 0.717) is 11.3 Å². The molecule has 0 fully saturated rings. The number of hydrogen-bond donors (Lipinski definition) is 0. The van der Waals surface area contributed by atoms with Gasteiger partial charge in [-0.3, -0.25) is 0 Å². The zero-order valence-electron chi connectivity index (χ0n) is 13.5. The third-order valence-electron chi connectivity index (χ3n) is 3.26. The molecule has 5 nitrogen and oxygen atoms in total. The van der Waals surface area contributed by atoms with Crippen LogP contribution in [0.2, 0.25) is 0 Å². The second-order valence-corrected chi connectivity index (χ2v) is 4.91. The standard InChI is InChI=1S/C19H18O5/c1-22-17-5-3-4-15(12-17)13-24-18(20)11-8-14-6-9-16(10-7-14)19(21)23-2/h3-12H,13H2,1-2H3/b11-8+. The molecule has 0 N–H and O–H groups in total. The minimum atomic E-state index is -0.449. The van der Waals surface area contributed by atoms with Gasteiger partial charge in [0.05, 0.1) is 19.8 Å². The first-order chi connectivity index (χ1) is 11.6. The summed E-state index contributed by atoms with van der Waals surface area (Å²) in [4.78, 5) is 23.1. The third-order valence-corrected chi connectivity index (χ3v) is 3.26. The maximum absolute atomic E-state index is 11.8. The van der Waals surface area contributed by atoms with Crippen molar-refractivity contribution in [1.29, 1.82) is 0 Å². The topological polar surface area (TPSA) is 61.8 Å². The molecule has 0 unspecified atom stereocenters. The van der Waals surface area contributed by atoms with Crippen molar-refractivity contribution in [2.75, 3.05) is 14.2 Å². The molecule has 2 rings (SSSR count). The summed E-state index contributed by atoms with van der Waals surface area (Å²) in [5, 5.41) is 0. The third kappa shape index (κ3) is 4.98. The van der Waals surface area contributed by atoms with E-state index in [1.807, 2.05) is 24.3 Å². The van der Waals surface area contributed by atoms with E-state index in [4.69, 9.17) is 9.47 Å². The van der Waals surface area contributed by atoms with Crippen LogP contribution in [0.4, 0.5) is 0 Å². The van der Waals surface area contributed by atoms with Gasteiger partial charge in [-0.1, -0.05) is 24.3 Å². The first-order valence-electron chi connectivity index (χ1n) is 7.28. The Labute approximate surface area is 140 Å². The zero-order valence-corrected chi connectivity index (χ0v) is 13.5. The predicted octanol–water partition coefficient (Wildman–Crippen LogP) is 3.24. The predicted molar refractivity (Wildman–Crippen MR) is 89.6 cm³/mol. The second-order valence-electron chi connectivity index (χ2n) is 4.91. The molecule has 2 aromatic carbocycles. The van der Waals surface area contributed by atoms with Gasteiger partial charge in [-0.2, -0.15) is 0 Å². The van der Waals surface area contributed by atoms with Gasteiger partial charge in [0.1, 0.15) is 12.4 Å². The van der Waals surface area contributed by atoms with Crippen molar-refractivity contribution in [1.82, 2.24) is 0 Å². The monoisotopic (exact) mass is 326 g/mol. The number of ether oxygens (including phenoxy) is 3. The van der Waals surface area contributed by atoms with E-state index in [1.54, 1.807) is 37.5 Å². The highest BCUT2D eigenvalue weighted by Gasteiger charge is 2.04. The molecule has 24 heavy (non-hydrogen) atoms. The van der Waals surface area contributed by atoms with Gasteiger partial charge in [-0.15, -0.1) is 0 Å². The highest BCUT2D eigenvalue weighted by Crippen LogP contribution is 2.13. The van der Waals surface area contributed by atoms with E-state index < -0.39 is 11.9 Å². The molecule has 2 aromatic rings. The average Bonchev–Trinajstić information content (AvgIpc) is 2.64. The minimum Gasteiger partial charge on any atom is -0.497 e. The number of benzene rings is 2. The number of esters is 2. The van der Waals surface area contributed by atoms with E-state index in [-0.39, 0.29) is 6.61 Å². The summed E-state index contributed by atoms with van der Waals surface area (Å²) in [6.45, 7) is 0.168. The van der Waals surface area contributed by atoms with Gasteiger partial charge in [-0.25, -0.2) is 9.59 Å². The molecule has 0 aliphatic carbocycles. The SMILES string of the molecule is COC(=O)c1ccc(/C=C/C(=O)OCc2cccc(OC)c2)cc1. The quantitative estimate of drug-likeness (QED) is 0.602. The molecule has 0 aliphatic rings. The molecule has 0 saturated heterocycles. The molecular weight excluding hydrogens is 308 g/mol. The molecule has 0 atom stereocenters. The highest BCUT2D eigenvalue weighted by molar-refractivity contribution is 5.90. The molecular formula is C19H18O5. The molecule has 0 heterocycles. The number of hydrogen-bond acceptors (Lipinski definition) is 5. The second kappa shape index (κ2) is 8.53. The lowest BCUT2D eigenvalue weighted by Crippen LogP contribution is -2.01. The Morgan fingerprint density at radius 2 is 1.79 bits per heavy atom. The van der Waals surface area contributed by atoms with Crippen molar-refractivity contribution in [2.24, 2.45) is 0 Å². The van der Waals surface area contributed by atoms with Gasteiger partial charge in [0, 0.05) is 6.08 Å². The van der Waals surface area contributed by atoms with Crippen LogP contribution in [0.25, 0.3) is 6.08 Å². The van der Waals surface area contributed by atoms with Crippen molar-refractivity contribution < 1.29 is 23.8 Å². The van der Waals surface area contributed by atoms with Crippen molar-refractivity contribution in [3.05, 3.63) is 71.3 Å². The fourth-order valence-electron chi connectivity index (χ4n) is 1.98. The zero-order chi connectivity index (χ0) is 17.4. The van der Waals surface area contributed by atoms with E-state index in [1.165, 1.54) is 13.2 Å². The Kier molecular flexibility index (Phi) is 6.14.